The zero-order valence-corrected chi connectivity index (χ0v) is 15.9. The van der Waals surface area contributed by atoms with E-state index < -0.39 is 18.0 Å². The van der Waals surface area contributed by atoms with Crippen molar-refractivity contribution in [2.75, 3.05) is 26.4 Å². The van der Waals surface area contributed by atoms with E-state index in [4.69, 9.17) is 19.7 Å². The maximum absolute atomic E-state index is 9.70. The zero-order valence-electron chi connectivity index (χ0n) is 15.9. The normalized spacial score (nSPS) is 12.1. The molecule has 152 valence electrons. The number of carbonyl (C=O) groups is 2. The molecule has 1 unspecified atom stereocenters. The molecule has 0 aliphatic carbocycles. The number of aliphatic carboxylic acids is 2. The third-order valence-corrected chi connectivity index (χ3v) is 2.79. The van der Waals surface area contributed by atoms with Crippen LogP contribution >= 0.6 is 0 Å². The van der Waals surface area contributed by atoms with Crippen LogP contribution in [-0.2, 0) is 14.3 Å². The summed E-state index contributed by atoms with van der Waals surface area (Å²) in [4.78, 5) is 19.1. The molecule has 0 saturated carbocycles. The summed E-state index contributed by atoms with van der Waals surface area (Å²) < 4.78 is 10.8. The standard InChI is InChI=1S/C15H25NO3.C4H4O4/c1-15(2,3)16-11-13(17)12-18-9-10-19-14-7-5-4-6-8-14;5-3(6)1-2-4(7)8/h4-8,13,16-17H,9-12H2,1-3H3;1-2H,(H,5,6)(H,7,8)/b;2-1+. The van der Waals surface area contributed by atoms with Crippen LogP contribution in [0.25, 0.3) is 0 Å². The molecule has 1 atom stereocenters. The van der Waals surface area contributed by atoms with Crippen LogP contribution in [0.15, 0.2) is 42.5 Å². The van der Waals surface area contributed by atoms with Crippen molar-refractivity contribution in [2.45, 2.75) is 32.4 Å². The Bertz CT molecular complexity index is 551. The molecular weight excluding hydrogens is 354 g/mol. The lowest BCUT2D eigenvalue weighted by molar-refractivity contribution is -0.134. The lowest BCUT2D eigenvalue weighted by atomic mass is 10.1. The van der Waals surface area contributed by atoms with Gasteiger partial charge >= 0.3 is 11.9 Å². The maximum Gasteiger partial charge on any atom is 0.328 e. The van der Waals surface area contributed by atoms with Crippen molar-refractivity contribution in [1.82, 2.24) is 5.32 Å². The Balaban J connectivity index is 0.000000713. The first-order chi connectivity index (χ1) is 12.6. The lowest BCUT2D eigenvalue weighted by Crippen LogP contribution is -2.42. The molecule has 8 nitrogen and oxygen atoms in total. The van der Waals surface area contributed by atoms with Crippen LogP contribution < -0.4 is 10.1 Å². The number of carboxylic acid groups (broad SMARTS) is 2. The summed E-state index contributed by atoms with van der Waals surface area (Å²) in [6.07, 6.45) is 0.626. The minimum atomic E-state index is -1.26. The number of ether oxygens (including phenoxy) is 2. The number of aliphatic hydroxyl groups is 1. The van der Waals surface area contributed by atoms with E-state index >= 15 is 0 Å². The van der Waals surface area contributed by atoms with E-state index in [0.717, 1.165) is 5.75 Å². The van der Waals surface area contributed by atoms with E-state index in [2.05, 4.69) is 26.1 Å². The molecule has 0 aliphatic rings. The fourth-order valence-electron chi connectivity index (χ4n) is 1.58. The smallest absolute Gasteiger partial charge is 0.328 e. The molecule has 0 radical (unpaired) electrons. The van der Waals surface area contributed by atoms with E-state index in [-0.39, 0.29) is 5.54 Å². The Morgan fingerprint density at radius 3 is 2.11 bits per heavy atom. The second-order valence-corrected chi connectivity index (χ2v) is 6.53. The molecule has 0 spiro atoms. The Kier molecular flexibility index (Phi) is 12.5. The third-order valence-electron chi connectivity index (χ3n) is 2.79. The van der Waals surface area contributed by atoms with Gasteiger partial charge in [-0.25, -0.2) is 9.59 Å². The van der Waals surface area contributed by atoms with Gasteiger partial charge in [0, 0.05) is 24.2 Å². The highest BCUT2D eigenvalue weighted by atomic mass is 16.5. The third kappa shape index (κ3) is 18.2. The Labute approximate surface area is 159 Å². The van der Waals surface area contributed by atoms with Gasteiger partial charge in [0.05, 0.1) is 19.3 Å². The quantitative estimate of drug-likeness (QED) is 0.354. The van der Waals surface area contributed by atoms with Crippen molar-refractivity contribution in [1.29, 1.82) is 0 Å². The maximum atomic E-state index is 9.70. The monoisotopic (exact) mass is 383 g/mol. The van der Waals surface area contributed by atoms with Crippen molar-refractivity contribution in [3.05, 3.63) is 42.5 Å². The molecule has 0 amide bonds. The number of carboxylic acids is 2. The van der Waals surface area contributed by atoms with Crippen LogP contribution in [0.3, 0.4) is 0 Å². The fraction of sp³-hybridized carbons (Fsp3) is 0.474. The van der Waals surface area contributed by atoms with Gasteiger partial charge < -0.3 is 30.1 Å². The molecule has 8 heteroatoms. The average molecular weight is 383 g/mol. The minimum Gasteiger partial charge on any atom is -0.491 e. The van der Waals surface area contributed by atoms with E-state index in [1.54, 1.807) is 0 Å². The number of nitrogens with one attached hydrogen (secondary N) is 1. The van der Waals surface area contributed by atoms with Crippen molar-refractivity contribution in [2.24, 2.45) is 0 Å². The van der Waals surface area contributed by atoms with Gasteiger partial charge in [-0.3, -0.25) is 0 Å². The van der Waals surface area contributed by atoms with Crippen LogP contribution in [0.4, 0.5) is 0 Å². The van der Waals surface area contributed by atoms with Gasteiger partial charge in [0.2, 0.25) is 0 Å². The number of β-amino-alcohol motifs (C(OH)–C–C–N with tert-alkyl or cyclic N) is 1. The molecule has 0 fully saturated rings. The summed E-state index contributed by atoms with van der Waals surface area (Å²) in [6, 6.07) is 9.61. The topological polar surface area (TPSA) is 125 Å². The second kappa shape index (κ2) is 13.7. The highest BCUT2D eigenvalue weighted by Crippen LogP contribution is 2.07. The highest BCUT2D eigenvalue weighted by Gasteiger charge is 2.11. The molecule has 0 aromatic heterocycles. The molecule has 1 rings (SSSR count). The zero-order chi connectivity index (χ0) is 20.7. The number of aliphatic hydroxyl groups excluding tert-OH is 1. The fourth-order valence-corrected chi connectivity index (χ4v) is 1.58. The van der Waals surface area contributed by atoms with Gasteiger partial charge in [-0.05, 0) is 32.9 Å². The minimum absolute atomic E-state index is 0.0113. The first-order valence-electron chi connectivity index (χ1n) is 8.43. The number of hydrogen-bond acceptors (Lipinski definition) is 6. The highest BCUT2D eigenvalue weighted by molar-refractivity contribution is 5.89. The largest absolute Gasteiger partial charge is 0.491 e. The Morgan fingerprint density at radius 1 is 1.07 bits per heavy atom. The molecule has 0 saturated heterocycles. The molecule has 1 aromatic carbocycles. The Morgan fingerprint density at radius 2 is 1.63 bits per heavy atom. The van der Waals surface area contributed by atoms with Gasteiger partial charge in [-0.15, -0.1) is 0 Å². The average Bonchev–Trinajstić information content (AvgIpc) is 2.59. The van der Waals surface area contributed by atoms with Gasteiger partial charge in [0.25, 0.3) is 0 Å². The van der Waals surface area contributed by atoms with Crippen molar-refractivity contribution >= 4 is 11.9 Å². The second-order valence-electron chi connectivity index (χ2n) is 6.53. The van der Waals surface area contributed by atoms with Gasteiger partial charge in [0.1, 0.15) is 12.4 Å². The van der Waals surface area contributed by atoms with E-state index in [1.165, 1.54) is 0 Å². The molecule has 0 heterocycles. The van der Waals surface area contributed by atoms with Crippen LogP contribution in [0.5, 0.6) is 5.75 Å². The molecule has 0 bridgehead atoms. The van der Waals surface area contributed by atoms with Gasteiger partial charge in [0.15, 0.2) is 0 Å². The molecular formula is C19H29NO7. The summed E-state index contributed by atoms with van der Waals surface area (Å²) in [6.45, 7) is 8.01. The number of hydrogen-bond donors (Lipinski definition) is 4. The number of para-hydroxylation sites is 1. The Hall–Kier alpha value is -2.42. The van der Waals surface area contributed by atoms with Crippen LogP contribution in [0.2, 0.25) is 0 Å². The summed E-state index contributed by atoms with van der Waals surface area (Å²) >= 11 is 0. The van der Waals surface area contributed by atoms with E-state index in [9.17, 15) is 14.7 Å². The number of benzene rings is 1. The van der Waals surface area contributed by atoms with Crippen LogP contribution in [0, 0.1) is 0 Å². The van der Waals surface area contributed by atoms with Crippen LogP contribution in [0.1, 0.15) is 20.8 Å². The van der Waals surface area contributed by atoms with Crippen LogP contribution in [-0.4, -0.2) is 65.3 Å². The van der Waals surface area contributed by atoms with E-state index in [1.807, 2.05) is 30.3 Å². The predicted octanol–water partition coefficient (Wildman–Crippen LogP) is 1.54. The summed E-state index contributed by atoms with van der Waals surface area (Å²) in [5, 5.41) is 28.6. The summed E-state index contributed by atoms with van der Waals surface area (Å²) in [5.74, 6) is -1.68. The van der Waals surface area contributed by atoms with Crippen molar-refractivity contribution in [3.8, 4) is 5.75 Å². The predicted molar refractivity (Wildman–Crippen MR) is 101 cm³/mol. The van der Waals surface area contributed by atoms with Crippen molar-refractivity contribution in [3.63, 3.8) is 0 Å². The lowest BCUT2D eigenvalue weighted by Gasteiger charge is -2.22. The van der Waals surface area contributed by atoms with E-state index in [0.29, 0.717) is 38.5 Å². The molecule has 1 aromatic rings. The number of rotatable bonds is 10. The SMILES string of the molecule is CC(C)(C)NCC(O)COCCOc1ccccc1.O=C(O)/C=C/C(=O)O. The first kappa shape index (κ1) is 24.6. The first-order valence-corrected chi connectivity index (χ1v) is 8.43. The molecule has 4 N–H and O–H groups in total. The van der Waals surface area contributed by atoms with Gasteiger partial charge in [-0.2, -0.15) is 0 Å². The molecule has 27 heavy (non-hydrogen) atoms. The molecule has 0 aliphatic heterocycles. The summed E-state index contributed by atoms with van der Waals surface area (Å²) in [7, 11) is 0. The summed E-state index contributed by atoms with van der Waals surface area (Å²) in [5.41, 5.74) is 0.0113. The van der Waals surface area contributed by atoms with Crippen molar-refractivity contribution < 1.29 is 34.4 Å². The van der Waals surface area contributed by atoms with Gasteiger partial charge in [-0.1, -0.05) is 18.2 Å².